The van der Waals surface area contributed by atoms with Gasteiger partial charge >= 0.3 is 0 Å². The second-order valence-electron chi connectivity index (χ2n) is 13.2. The summed E-state index contributed by atoms with van der Waals surface area (Å²) in [5, 5.41) is 2.72. The Balaban J connectivity index is 1.29. The van der Waals surface area contributed by atoms with Crippen molar-refractivity contribution >= 4 is 27.8 Å². The summed E-state index contributed by atoms with van der Waals surface area (Å²) in [6, 6.07) is 65.3. The number of hydrogen-bond acceptors (Lipinski definition) is 1. The maximum Gasteiger partial charge on any atom is 0.0726 e. The van der Waals surface area contributed by atoms with Crippen molar-refractivity contribution in [3.63, 3.8) is 0 Å². The Kier molecular flexibility index (Phi) is 5.10. The summed E-state index contributed by atoms with van der Waals surface area (Å²) in [6.07, 6.45) is 0. The second kappa shape index (κ2) is 9.44. The van der Waals surface area contributed by atoms with E-state index in [1.165, 1.54) is 83.2 Å². The number of nitrogens with zero attached hydrogens (tertiary/aromatic N) is 1. The molecule has 0 aromatic heterocycles. The number of rotatable bonds is 3. The van der Waals surface area contributed by atoms with Gasteiger partial charge in [0.1, 0.15) is 0 Å². The normalized spacial score (nSPS) is 15.6. The van der Waals surface area contributed by atoms with Crippen LogP contribution in [-0.4, -0.2) is 0 Å². The molecule has 0 heterocycles. The lowest BCUT2D eigenvalue weighted by Crippen LogP contribution is -2.26. The van der Waals surface area contributed by atoms with Gasteiger partial charge in [-0.2, -0.15) is 0 Å². The molecule has 0 amide bonds. The number of fused-ring (bicyclic) bond motifs is 14. The molecule has 11 rings (SSSR count). The lowest BCUT2D eigenvalue weighted by atomic mass is 9.70. The Hall–Kier alpha value is -6.18. The van der Waals surface area contributed by atoms with Crippen molar-refractivity contribution in [2.24, 2.45) is 0 Å². The predicted octanol–water partition coefficient (Wildman–Crippen LogP) is 12.3. The zero-order chi connectivity index (χ0) is 31.4. The third-order valence-corrected chi connectivity index (χ3v) is 11.0. The first kappa shape index (κ1) is 25.9. The molecule has 1 unspecified atom stereocenters. The molecule has 3 aliphatic carbocycles. The topological polar surface area (TPSA) is 3.24 Å². The van der Waals surface area contributed by atoms with Gasteiger partial charge in [-0.05, 0) is 108 Å². The first-order valence-corrected chi connectivity index (χ1v) is 16.8. The fourth-order valence-electron chi connectivity index (χ4n) is 9.29. The third kappa shape index (κ3) is 3.11. The molecule has 0 saturated carbocycles. The second-order valence-corrected chi connectivity index (χ2v) is 13.2. The summed E-state index contributed by atoms with van der Waals surface area (Å²) in [5.41, 5.74) is 19.1. The highest BCUT2D eigenvalue weighted by Gasteiger charge is 2.53. The molecule has 48 heavy (non-hydrogen) atoms. The first-order chi connectivity index (χ1) is 23.9. The highest BCUT2D eigenvalue weighted by molar-refractivity contribution is 6.21. The molecule has 0 bridgehead atoms. The predicted molar refractivity (Wildman–Crippen MR) is 199 cm³/mol. The van der Waals surface area contributed by atoms with Gasteiger partial charge in [0.05, 0.1) is 11.1 Å². The molecule has 1 heteroatoms. The Morgan fingerprint density at radius 1 is 0.333 bits per heavy atom. The summed E-state index contributed by atoms with van der Waals surface area (Å²) in [5.74, 6) is 0. The maximum atomic E-state index is 2.55. The molecular weight excluding hydrogens is 579 g/mol. The van der Waals surface area contributed by atoms with Crippen LogP contribution in [0.2, 0.25) is 0 Å². The molecule has 0 N–H and O–H groups in total. The van der Waals surface area contributed by atoms with E-state index in [1.807, 2.05) is 0 Å². The third-order valence-electron chi connectivity index (χ3n) is 11.0. The van der Waals surface area contributed by atoms with Crippen LogP contribution in [0.15, 0.2) is 176 Å². The fraction of sp³-hybridized carbons (Fsp3) is 0.0213. The molecule has 222 valence electrons. The molecule has 0 radical (unpaired) electrons. The Bertz CT molecular complexity index is 2580. The average molecular weight is 608 g/mol. The highest BCUT2D eigenvalue weighted by atomic mass is 15.1. The van der Waals surface area contributed by atoms with Crippen LogP contribution in [0.5, 0.6) is 0 Å². The van der Waals surface area contributed by atoms with E-state index in [-0.39, 0.29) is 0 Å². The van der Waals surface area contributed by atoms with E-state index in [9.17, 15) is 0 Å². The largest absolute Gasteiger partial charge is 0.310 e. The number of para-hydroxylation sites is 2. The number of benzene rings is 8. The van der Waals surface area contributed by atoms with Crippen molar-refractivity contribution in [2.75, 3.05) is 4.90 Å². The van der Waals surface area contributed by atoms with Gasteiger partial charge in [-0.1, -0.05) is 140 Å². The van der Waals surface area contributed by atoms with Crippen molar-refractivity contribution in [1.82, 2.24) is 0 Å². The van der Waals surface area contributed by atoms with E-state index in [4.69, 9.17) is 0 Å². The van der Waals surface area contributed by atoms with Gasteiger partial charge < -0.3 is 4.90 Å². The molecule has 1 spiro atoms. The van der Waals surface area contributed by atoms with Crippen LogP contribution in [-0.2, 0) is 5.41 Å². The lowest BCUT2D eigenvalue weighted by molar-refractivity contribution is 0.794. The summed E-state index contributed by atoms with van der Waals surface area (Å²) in [7, 11) is 0. The summed E-state index contributed by atoms with van der Waals surface area (Å²) in [4.78, 5) is 2.43. The van der Waals surface area contributed by atoms with Crippen LogP contribution in [0.1, 0.15) is 22.3 Å². The van der Waals surface area contributed by atoms with E-state index in [2.05, 4.69) is 181 Å². The van der Waals surface area contributed by atoms with Crippen molar-refractivity contribution < 1.29 is 0 Å². The monoisotopic (exact) mass is 607 g/mol. The van der Waals surface area contributed by atoms with Crippen molar-refractivity contribution in [3.8, 4) is 44.5 Å². The molecule has 1 nitrogen and oxygen atoms in total. The number of hydrogen-bond donors (Lipinski definition) is 0. The minimum absolute atomic E-state index is 0.453. The molecule has 3 aliphatic rings. The van der Waals surface area contributed by atoms with E-state index in [0.29, 0.717) is 0 Å². The minimum Gasteiger partial charge on any atom is -0.310 e. The first-order valence-electron chi connectivity index (χ1n) is 16.8. The fourth-order valence-corrected chi connectivity index (χ4v) is 9.29. The molecule has 0 saturated heterocycles. The molecular formula is C47H29N. The van der Waals surface area contributed by atoms with Gasteiger partial charge in [-0.15, -0.1) is 0 Å². The number of anilines is 3. The Labute approximate surface area is 280 Å². The van der Waals surface area contributed by atoms with Crippen LogP contribution < -0.4 is 4.90 Å². The van der Waals surface area contributed by atoms with Crippen molar-refractivity contribution in [3.05, 3.63) is 198 Å². The summed E-state index contributed by atoms with van der Waals surface area (Å²) < 4.78 is 0. The molecule has 0 aliphatic heterocycles. The minimum atomic E-state index is -0.453. The SMILES string of the molecule is c1ccc(N(c2ccccc2)c2cccc3c2-c2ccccc2C32c3ccccc3-c3c2cc2c4c(cccc34)-c3ccccc3-2)cc1. The van der Waals surface area contributed by atoms with Gasteiger partial charge in [0.25, 0.3) is 0 Å². The van der Waals surface area contributed by atoms with Crippen LogP contribution in [0.3, 0.4) is 0 Å². The molecule has 8 aromatic carbocycles. The van der Waals surface area contributed by atoms with Gasteiger partial charge in [0.2, 0.25) is 0 Å². The van der Waals surface area contributed by atoms with Gasteiger partial charge in [-0.3, -0.25) is 0 Å². The smallest absolute Gasteiger partial charge is 0.0726 e. The van der Waals surface area contributed by atoms with E-state index < -0.39 is 5.41 Å². The van der Waals surface area contributed by atoms with E-state index in [0.717, 1.165) is 11.4 Å². The van der Waals surface area contributed by atoms with Gasteiger partial charge in [0.15, 0.2) is 0 Å². The standard InChI is InChI=1S/C47H29N/c1-3-15-30(16-4-1)48(31-17-5-2-6-18-31)43-28-14-27-41-46(43)36-22-10-12-26-40(36)47(41)39-25-11-9-21-35(39)45-37-24-13-23-34-32-19-7-8-20-33(32)38(44(34)37)29-42(45)47/h1-29H. The quantitative estimate of drug-likeness (QED) is 0.193. The van der Waals surface area contributed by atoms with Gasteiger partial charge in [0, 0.05) is 16.9 Å². The Morgan fingerprint density at radius 2 is 0.833 bits per heavy atom. The zero-order valence-corrected chi connectivity index (χ0v) is 26.2. The van der Waals surface area contributed by atoms with E-state index >= 15 is 0 Å². The highest BCUT2D eigenvalue weighted by Crippen LogP contribution is 2.67. The van der Waals surface area contributed by atoms with Crippen molar-refractivity contribution in [2.45, 2.75) is 5.41 Å². The molecule has 8 aromatic rings. The Morgan fingerprint density at radius 3 is 1.50 bits per heavy atom. The summed E-state index contributed by atoms with van der Waals surface area (Å²) in [6.45, 7) is 0. The maximum absolute atomic E-state index is 2.55. The molecule has 0 fully saturated rings. The average Bonchev–Trinajstić information content (AvgIpc) is 3.76. The summed E-state index contributed by atoms with van der Waals surface area (Å²) >= 11 is 0. The van der Waals surface area contributed by atoms with E-state index in [1.54, 1.807) is 0 Å². The van der Waals surface area contributed by atoms with Crippen LogP contribution in [0, 0.1) is 0 Å². The van der Waals surface area contributed by atoms with Gasteiger partial charge in [-0.25, -0.2) is 0 Å². The lowest BCUT2D eigenvalue weighted by Gasteiger charge is -2.32. The van der Waals surface area contributed by atoms with Crippen LogP contribution in [0.25, 0.3) is 55.3 Å². The van der Waals surface area contributed by atoms with Crippen molar-refractivity contribution in [1.29, 1.82) is 0 Å². The molecule has 1 atom stereocenters. The van der Waals surface area contributed by atoms with Crippen LogP contribution in [0.4, 0.5) is 17.1 Å². The zero-order valence-electron chi connectivity index (χ0n) is 26.2. The van der Waals surface area contributed by atoms with Crippen LogP contribution >= 0.6 is 0 Å².